The molecule has 0 saturated carbocycles. The van der Waals surface area contributed by atoms with Crippen LogP contribution in [0.15, 0.2) is 18.6 Å². The van der Waals surface area contributed by atoms with Crippen LogP contribution in [0.3, 0.4) is 0 Å². The van der Waals surface area contributed by atoms with E-state index in [1.165, 1.54) is 27.1 Å². The number of rotatable bonds is 5. The molecule has 3 heterocycles. The van der Waals surface area contributed by atoms with Gasteiger partial charge in [0.05, 0.1) is 5.39 Å². The number of carbonyl (C=O) groups is 3. The van der Waals surface area contributed by atoms with Crippen LogP contribution in [0.1, 0.15) is 27.0 Å². The number of halogens is 1. The van der Waals surface area contributed by atoms with Crippen LogP contribution in [0.2, 0.25) is 5.15 Å². The molecule has 10 nitrogen and oxygen atoms in total. The van der Waals surface area contributed by atoms with Crippen LogP contribution < -0.4 is 0 Å². The predicted octanol–water partition coefficient (Wildman–Crippen LogP) is 1.41. The number of carbonyl (C=O) groups excluding carboxylic acids is 3. The van der Waals surface area contributed by atoms with Gasteiger partial charge in [-0.25, -0.2) is 9.97 Å². The third-order valence-corrected chi connectivity index (χ3v) is 4.38. The van der Waals surface area contributed by atoms with Crippen molar-refractivity contribution in [3.05, 3.63) is 23.7 Å². The number of hydrogen-bond acceptors (Lipinski definition) is 9. The molecule has 28 heavy (non-hydrogen) atoms. The highest BCUT2D eigenvalue weighted by atomic mass is 35.5. The lowest BCUT2D eigenvalue weighted by Gasteiger charge is -2.24. The topological polar surface area (TPSA) is 119 Å². The van der Waals surface area contributed by atoms with Gasteiger partial charge in [0, 0.05) is 27.0 Å². The summed E-state index contributed by atoms with van der Waals surface area (Å²) >= 11 is 6.09. The zero-order valence-electron chi connectivity index (χ0n) is 15.3. The van der Waals surface area contributed by atoms with Crippen LogP contribution >= 0.6 is 11.6 Å². The standard InChI is InChI=1S/C17H18ClN3O7/c1-8(22)25-6-12-13(26-9(2)23)14(27-10(3)24)17(28-12)21-5-4-11-15(18)19-7-20-16(11)21/h4-5,7,12-14,17H,6H2,1-3H3/t12-,13-,14-,17-/m1/s1. The average Bonchev–Trinajstić information content (AvgIpc) is 3.16. The number of esters is 3. The summed E-state index contributed by atoms with van der Waals surface area (Å²) in [4.78, 5) is 42.6. The SMILES string of the molecule is CC(=O)OC[C@H]1O[C@@H](n2ccc3c(Cl)ncnc32)[C@H](OC(C)=O)[C@@H]1OC(C)=O. The first kappa shape index (κ1) is 20.0. The van der Waals surface area contributed by atoms with Crippen LogP contribution in [0.5, 0.6) is 0 Å². The molecule has 0 radical (unpaired) electrons. The van der Waals surface area contributed by atoms with E-state index < -0.39 is 42.4 Å². The minimum absolute atomic E-state index is 0.184. The van der Waals surface area contributed by atoms with Gasteiger partial charge >= 0.3 is 17.9 Å². The summed E-state index contributed by atoms with van der Waals surface area (Å²) in [6.45, 7) is 3.51. The highest BCUT2D eigenvalue weighted by molar-refractivity contribution is 6.33. The number of aromatic nitrogens is 3. The Morgan fingerprint density at radius 1 is 1.11 bits per heavy atom. The summed E-state index contributed by atoms with van der Waals surface area (Å²) in [5.74, 6) is -1.71. The molecular weight excluding hydrogens is 394 g/mol. The molecule has 0 amide bonds. The van der Waals surface area contributed by atoms with Crippen molar-refractivity contribution in [2.75, 3.05) is 6.61 Å². The largest absolute Gasteiger partial charge is 0.463 e. The molecule has 1 saturated heterocycles. The first-order valence-electron chi connectivity index (χ1n) is 8.38. The molecule has 0 N–H and O–H groups in total. The first-order chi connectivity index (χ1) is 13.3. The third-order valence-electron chi connectivity index (χ3n) is 4.08. The third kappa shape index (κ3) is 4.07. The summed E-state index contributed by atoms with van der Waals surface area (Å²) < 4.78 is 23.3. The van der Waals surface area contributed by atoms with E-state index in [9.17, 15) is 14.4 Å². The van der Waals surface area contributed by atoms with Crippen LogP contribution in [0, 0.1) is 0 Å². The number of nitrogens with zero attached hydrogens (tertiary/aromatic N) is 3. The Morgan fingerprint density at radius 3 is 2.43 bits per heavy atom. The first-order valence-corrected chi connectivity index (χ1v) is 8.76. The second-order valence-electron chi connectivity index (χ2n) is 6.14. The molecule has 0 spiro atoms. The van der Waals surface area contributed by atoms with E-state index in [2.05, 4.69) is 9.97 Å². The Morgan fingerprint density at radius 2 is 1.79 bits per heavy atom. The van der Waals surface area contributed by atoms with Gasteiger partial charge in [0.1, 0.15) is 29.8 Å². The van der Waals surface area contributed by atoms with Crippen LogP contribution in [0.25, 0.3) is 11.0 Å². The average molecular weight is 412 g/mol. The Kier molecular flexibility index (Phi) is 5.80. The van der Waals surface area contributed by atoms with Gasteiger partial charge in [-0.2, -0.15) is 0 Å². The van der Waals surface area contributed by atoms with Gasteiger partial charge < -0.3 is 23.5 Å². The van der Waals surface area contributed by atoms with Gasteiger partial charge in [0.2, 0.25) is 0 Å². The molecule has 1 fully saturated rings. The van der Waals surface area contributed by atoms with Crippen molar-refractivity contribution in [3.63, 3.8) is 0 Å². The van der Waals surface area contributed by atoms with Crippen molar-refractivity contribution in [2.45, 2.75) is 45.3 Å². The minimum Gasteiger partial charge on any atom is -0.463 e. The fourth-order valence-electron chi connectivity index (χ4n) is 3.06. The van der Waals surface area contributed by atoms with Gasteiger partial charge in [0.25, 0.3) is 0 Å². The van der Waals surface area contributed by atoms with E-state index in [-0.39, 0.29) is 11.8 Å². The summed E-state index contributed by atoms with van der Waals surface area (Å²) in [7, 11) is 0. The zero-order valence-corrected chi connectivity index (χ0v) is 16.1. The maximum absolute atomic E-state index is 11.7. The Labute approximate surface area is 164 Å². The Balaban J connectivity index is 2.01. The molecule has 11 heteroatoms. The summed E-state index contributed by atoms with van der Waals surface area (Å²) in [5, 5.41) is 0.820. The van der Waals surface area contributed by atoms with Crippen molar-refractivity contribution in [1.29, 1.82) is 0 Å². The minimum atomic E-state index is -0.994. The second kappa shape index (κ2) is 8.11. The predicted molar refractivity (Wildman–Crippen MR) is 94.2 cm³/mol. The van der Waals surface area contributed by atoms with E-state index >= 15 is 0 Å². The molecule has 2 aromatic rings. The molecule has 2 aromatic heterocycles. The lowest BCUT2D eigenvalue weighted by molar-refractivity contribution is -0.166. The summed E-state index contributed by atoms with van der Waals surface area (Å²) in [5.41, 5.74) is 0.442. The van der Waals surface area contributed by atoms with Gasteiger partial charge in [-0.15, -0.1) is 0 Å². The molecular formula is C17H18ClN3O7. The molecule has 1 aliphatic rings. The van der Waals surface area contributed by atoms with Crippen molar-refractivity contribution >= 4 is 40.5 Å². The fraction of sp³-hybridized carbons (Fsp3) is 0.471. The molecule has 0 aromatic carbocycles. The molecule has 1 aliphatic heterocycles. The molecule has 3 rings (SSSR count). The highest BCUT2D eigenvalue weighted by Gasteiger charge is 2.50. The van der Waals surface area contributed by atoms with E-state index in [0.717, 1.165) is 0 Å². The van der Waals surface area contributed by atoms with Crippen LogP contribution in [-0.4, -0.2) is 57.4 Å². The summed E-state index contributed by atoms with van der Waals surface area (Å²) in [6, 6.07) is 1.69. The zero-order chi connectivity index (χ0) is 20.4. The van der Waals surface area contributed by atoms with E-state index in [1.807, 2.05) is 0 Å². The second-order valence-corrected chi connectivity index (χ2v) is 6.50. The lowest BCUT2D eigenvalue weighted by atomic mass is 10.1. The molecule has 0 unspecified atom stereocenters. The van der Waals surface area contributed by atoms with Gasteiger partial charge in [-0.3, -0.25) is 14.4 Å². The molecule has 150 valence electrons. The highest BCUT2D eigenvalue weighted by Crippen LogP contribution is 2.36. The number of ether oxygens (including phenoxy) is 4. The molecule has 4 atom stereocenters. The van der Waals surface area contributed by atoms with Crippen molar-refractivity contribution < 1.29 is 33.3 Å². The van der Waals surface area contributed by atoms with Crippen LogP contribution in [-0.2, 0) is 33.3 Å². The van der Waals surface area contributed by atoms with Crippen LogP contribution in [0.4, 0.5) is 0 Å². The van der Waals surface area contributed by atoms with Gasteiger partial charge in [0.15, 0.2) is 18.4 Å². The van der Waals surface area contributed by atoms with Crippen molar-refractivity contribution in [3.8, 4) is 0 Å². The summed E-state index contributed by atoms with van der Waals surface area (Å²) in [6.07, 6.45) is -0.788. The number of hydrogen-bond donors (Lipinski definition) is 0. The van der Waals surface area contributed by atoms with Gasteiger partial charge in [-0.05, 0) is 6.07 Å². The van der Waals surface area contributed by atoms with Crippen molar-refractivity contribution in [2.24, 2.45) is 0 Å². The lowest BCUT2D eigenvalue weighted by Crippen LogP contribution is -2.40. The monoisotopic (exact) mass is 411 g/mol. The normalized spacial score (nSPS) is 24.1. The van der Waals surface area contributed by atoms with E-state index in [4.69, 9.17) is 30.5 Å². The maximum Gasteiger partial charge on any atom is 0.303 e. The maximum atomic E-state index is 11.7. The van der Waals surface area contributed by atoms with E-state index in [0.29, 0.717) is 11.0 Å². The van der Waals surface area contributed by atoms with E-state index in [1.54, 1.807) is 16.8 Å². The quantitative estimate of drug-likeness (QED) is 0.408. The van der Waals surface area contributed by atoms with Gasteiger partial charge in [-0.1, -0.05) is 11.6 Å². The Bertz CT molecular complexity index is 915. The fourth-order valence-corrected chi connectivity index (χ4v) is 3.25. The Hall–Kier alpha value is -2.72. The smallest absolute Gasteiger partial charge is 0.303 e. The molecule has 0 aliphatic carbocycles. The van der Waals surface area contributed by atoms with Crippen molar-refractivity contribution in [1.82, 2.24) is 14.5 Å². The molecule has 0 bridgehead atoms. The number of fused-ring (bicyclic) bond motifs is 1.